The van der Waals surface area contributed by atoms with Gasteiger partial charge in [-0.1, -0.05) is 6.07 Å². The lowest BCUT2D eigenvalue weighted by Crippen LogP contribution is -2.37. The summed E-state index contributed by atoms with van der Waals surface area (Å²) in [5, 5.41) is 14.1. The fourth-order valence-electron chi connectivity index (χ4n) is 3.25. The second-order valence-corrected chi connectivity index (χ2v) is 7.54. The third kappa shape index (κ3) is 4.33. The van der Waals surface area contributed by atoms with Crippen molar-refractivity contribution in [3.05, 3.63) is 46.8 Å². The van der Waals surface area contributed by atoms with Gasteiger partial charge in [0.15, 0.2) is 5.65 Å². The van der Waals surface area contributed by atoms with Gasteiger partial charge in [0, 0.05) is 31.9 Å². The van der Waals surface area contributed by atoms with Crippen LogP contribution in [-0.4, -0.2) is 45.6 Å². The van der Waals surface area contributed by atoms with Crippen LogP contribution < -0.4 is 9.64 Å². The number of halogens is 2. The summed E-state index contributed by atoms with van der Waals surface area (Å²) >= 11 is 3.37. The predicted molar refractivity (Wildman–Crippen MR) is 106 cm³/mol. The van der Waals surface area contributed by atoms with Crippen LogP contribution in [0, 0.1) is 11.7 Å². The molecule has 1 N–H and O–H groups in total. The van der Waals surface area contributed by atoms with Crippen LogP contribution in [0.5, 0.6) is 11.6 Å². The normalized spacial score (nSPS) is 14.8. The van der Waals surface area contributed by atoms with Crippen LogP contribution in [-0.2, 0) is 4.74 Å². The number of ether oxygens (including phenoxy) is 2. The second kappa shape index (κ2) is 8.34. The lowest BCUT2D eigenvalue weighted by atomic mass is 10.00. The summed E-state index contributed by atoms with van der Waals surface area (Å²) in [5.74, 6) is 0.425. The SMILES string of the molecule is O=C(O)N(CC1CCOCC1)c1cc(Oc2cccc(F)c2)nc2c(Br)cnn12. The van der Waals surface area contributed by atoms with E-state index in [1.54, 1.807) is 6.07 Å². The standard InChI is InChI=1S/C19H18BrFN4O4/c20-15-10-22-25-17(24(19(26)27)11-12-4-6-28-7-5-12)9-16(23-18(15)25)29-14-3-1-2-13(21)8-14/h1-3,8-10,12H,4-7,11H2,(H,26,27). The fourth-order valence-corrected chi connectivity index (χ4v) is 3.60. The maximum atomic E-state index is 13.5. The highest BCUT2D eigenvalue weighted by atomic mass is 79.9. The summed E-state index contributed by atoms with van der Waals surface area (Å²) < 4.78 is 26.6. The number of carboxylic acid groups (broad SMARTS) is 1. The first-order chi connectivity index (χ1) is 14.0. The van der Waals surface area contributed by atoms with Gasteiger partial charge in [0.2, 0.25) is 5.88 Å². The fraction of sp³-hybridized carbons (Fsp3) is 0.316. The number of anilines is 1. The van der Waals surface area contributed by atoms with E-state index in [1.165, 1.54) is 39.9 Å². The zero-order valence-corrected chi connectivity index (χ0v) is 16.9. The number of rotatable bonds is 5. The third-order valence-electron chi connectivity index (χ3n) is 4.69. The Kier molecular flexibility index (Phi) is 5.63. The van der Waals surface area contributed by atoms with Crippen LogP contribution in [0.3, 0.4) is 0 Å². The molecule has 8 nitrogen and oxygen atoms in total. The molecular weight excluding hydrogens is 447 g/mol. The average molecular weight is 465 g/mol. The van der Waals surface area contributed by atoms with Gasteiger partial charge in [-0.3, -0.25) is 4.90 Å². The van der Waals surface area contributed by atoms with Crippen molar-refractivity contribution in [1.29, 1.82) is 0 Å². The minimum atomic E-state index is -1.10. The minimum Gasteiger partial charge on any atom is -0.465 e. The minimum absolute atomic E-state index is 0.137. The number of aromatic nitrogens is 3. The zero-order chi connectivity index (χ0) is 20.4. The summed E-state index contributed by atoms with van der Waals surface area (Å²) in [5.41, 5.74) is 0.395. The number of carbonyl (C=O) groups is 1. The van der Waals surface area contributed by atoms with Gasteiger partial charge in [-0.05, 0) is 46.8 Å². The number of hydrogen-bond donors (Lipinski definition) is 1. The molecule has 29 heavy (non-hydrogen) atoms. The Morgan fingerprint density at radius 2 is 2.17 bits per heavy atom. The summed E-state index contributed by atoms with van der Waals surface area (Å²) in [6.45, 7) is 1.53. The molecular formula is C19H18BrFN4O4. The molecule has 3 aromatic rings. The quantitative estimate of drug-likeness (QED) is 0.604. The number of hydrogen-bond acceptors (Lipinski definition) is 5. The molecule has 1 aliphatic heterocycles. The first-order valence-electron chi connectivity index (χ1n) is 9.07. The van der Waals surface area contributed by atoms with Gasteiger partial charge in [-0.2, -0.15) is 14.6 Å². The van der Waals surface area contributed by atoms with E-state index in [0.717, 1.165) is 12.8 Å². The Morgan fingerprint density at radius 1 is 1.38 bits per heavy atom. The highest BCUT2D eigenvalue weighted by Gasteiger charge is 2.26. The molecule has 1 amide bonds. The zero-order valence-electron chi connectivity index (χ0n) is 15.3. The van der Waals surface area contributed by atoms with Gasteiger partial charge in [-0.15, -0.1) is 0 Å². The van der Waals surface area contributed by atoms with E-state index in [-0.39, 0.29) is 17.5 Å². The van der Waals surface area contributed by atoms with Crippen LogP contribution in [0.1, 0.15) is 12.8 Å². The van der Waals surface area contributed by atoms with Crippen LogP contribution >= 0.6 is 15.9 Å². The van der Waals surface area contributed by atoms with Crippen molar-refractivity contribution < 1.29 is 23.8 Å². The Balaban J connectivity index is 1.73. The van der Waals surface area contributed by atoms with Crippen molar-refractivity contribution in [3.63, 3.8) is 0 Å². The predicted octanol–water partition coefficient (Wildman–Crippen LogP) is 4.33. The maximum absolute atomic E-state index is 13.5. The smallest absolute Gasteiger partial charge is 0.413 e. The van der Waals surface area contributed by atoms with Gasteiger partial charge in [-0.25, -0.2) is 9.18 Å². The van der Waals surface area contributed by atoms with E-state index >= 15 is 0 Å². The lowest BCUT2D eigenvalue weighted by Gasteiger charge is -2.28. The van der Waals surface area contributed by atoms with Gasteiger partial charge >= 0.3 is 6.09 Å². The molecule has 1 aliphatic rings. The molecule has 0 aliphatic carbocycles. The van der Waals surface area contributed by atoms with E-state index in [4.69, 9.17) is 9.47 Å². The molecule has 10 heteroatoms. The Bertz CT molecular complexity index is 1040. The van der Waals surface area contributed by atoms with Crippen LogP contribution in [0.2, 0.25) is 0 Å². The Morgan fingerprint density at radius 3 is 2.90 bits per heavy atom. The van der Waals surface area contributed by atoms with Crippen molar-refractivity contribution in [2.24, 2.45) is 5.92 Å². The van der Waals surface area contributed by atoms with E-state index in [0.29, 0.717) is 35.7 Å². The van der Waals surface area contributed by atoms with E-state index in [9.17, 15) is 14.3 Å². The Labute approximate surface area is 174 Å². The second-order valence-electron chi connectivity index (χ2n) is 6.69. The number of amides is 1. The first kappa shape index (κ1) is 19.6. The summed E-state index contributed by atoms with van der Waals surface area (Å²) in [6.07, 6.45) is 2.00. The summed E-state index contributed by atoms with van der Waals surface area (Å²) in [7, 11) is 0. The maximum Gasteiger partial charge on any atom is 0.413 e. The molecule has 0 atom stereocenters. The molecule has 0 unspecified atom stereocenters. The molecule has 2 aromatic heterocycles. The van der Waals surface area contributed by atoms with Gasteiger partial charge < -0.3 is 14.6 Å². The summed E-state index contributed by atoms with van der Waals surface area (Å²) in [6, 6.07) is 7.14. The van der Waals surface area contributed by atoms with Crippen LogP contribution in [0.15, 0.2) is 41.0 Å². The van der Waals surface area contributed by atoms with Crippen molar-refractivity contribution in [3.8, 4) is 11.6 Å². The molecule has 3 heterocycles. The van der Waals surface area contributed by atoms with Crippen LogP contribution in [0.25, 0.3) is 5.65 Å². The topological polar surface area (TPSA) is 89.2 Å². The molecule has 1 fully saturated rings. The molecule has 4 rings (SSSR count). The van der Waals surface area contributed by atoms with Gasteiger partial charge in [0.25, 0.3) is 0 Å². The highest BCUT2D eigenvalue weighted by Crippen LogP contribution is 2.30. The van der Waals surface area contributed by atoms with E-state index < -0.39 is 11.9 Å². The molecule has 0 bridgehead atoms. The number of benzene rings is 1. The van der Waals surface area contributed by atoms with Gasteiger partial charge in [0.1, 0.15) is 17.4 Å². The molecule has 0 radical (unpaired) electrons. The molecule has 1 aromatic carbocycles. The molecule has 1 saturated heterocycles. The molecule has 0 spiro atoms. The third-order valence-corrected chi connectivity index (χ3v) is 5.25. The van der Waals surface area contributed by atoms with Crippen molar-refractivity contribution in [1.82, 2.24) is 14.6 Å². The number of fused-ring (bicyclic) bond motifs is 1. The van der Waals surface area contributed by atoms with Crippen molar-refractivity contribution >= 4 is 33.5 Å². The lowest BCUT2D eigenvalue weighted by molar-refractivity contribution is 0.0680. The molecule has 0 saturated carbocycles. The van der Waals surface area contributed by atoms with Gasteiger partial charge in [0.05, 0.1) is 10.7 Å². The monoisotopic (exact) mass is 464 g/mol. The van der Waals surface area contributed by atoms with E-state index in [1.807, 2.05) is 0 Å². The Hall–Kier alpha value is -2.72. The van der Waals surface area contributed by atoms with Crippen LogP contribution in [0.4, 0.5) is 15.0 Å². The van der Waals surface area contributed by atoms with E-state index in [2.05, 4.69) is 26.0 Å². The summed E-state index contributed by atoms with van der Waals surface area (Å²) in [4.78, 5) is 17.7. The average Bonchev–Trinajstić information content (AvgIpc) is 3.07. The molecule has 152 valence electrons. The first-order valence-corrected chi connectivity index (χ1v) is 9.86. The van der Waals surface area contributed by atoms with Crippen molar-refractivity contribution in [2.75, 3.05) is 24.7 Å². The highest BCUT2D eigenvalue weighted by molar-refractivity contribution is 9.10. The van der Waals surface area contributed by atoms with Crippen molar-refractivity contribution in [2.45, 2.75) is 12.8 Å². The number of nitrogens with zero attached hydrogens (tertiary/aromatic N) is 4. The largest absolute Gasteiger partial charge is 0.465 e.